The SMILES string of the molecule is NC(CCl)=Nc1cccc(Cl)c1OC(F)(F)F. The van der Waals surface area contributed by atoms with E-state index in [1.54, 1.807) is 0 Å². The lowest BCUT2D eigenvalue weighted by molar-refractivity contribution is -0.274. The predicted molar refractivity (Wildman–Crippen MR) is 60.1 cm³/mol. The third kappa shape index (κ3) is 4.32. The first-order valence-electron chi connectivity index (χ1n) is 4.26. The van der Waals surface area contributed by atoms with Gasteiger partial charge in [-0.05, 0) is 12.1 Å². The van der Waals surface area contributed by atoms with Gasteiger partial charge < -0.3 is 10.5 Å². The quantitative estimate of drug-likeness (QED) is 0.525. The van der Waals surface area contributed by atoms with E-state index in [1.165, 1.54) is 18.2 Å². The Balaban J connectivity index is 3.18. The summed E-state index contributed by atoms with van der Waals surface area (Å²) < 4.78 is 40.2. The van der Waals surface area contributed by atoms with Crippen molar-refractivity contribution in [1.29, 1.82) is 0 Å². The van der Waals surface area contributed by atoms with Crippen LogP contribution in [-0.2, 0) is 0 Å². The molecule has 0 amide bonds. The third-order valence-corrected chi connectivity index (χ3v) is 2.14. The second kappa shape index (κ2) is 5.46. The molecule has 94 valence electrons. The zero-order valence-corrected chi connectivity index (χ0v) is 9.77. The van der Waals surface area contributed by atoms with Gasteiger partial charge in [-0.2, -0.15) is 0 Å². The van der Waals surface area contributed by atoms with Gasteiger partial charge >= 0.3 is 6.36 Å². The number of hydrogen-bond donors (Lipinski definition) is 1. The number of ether oxygens (including phenoxy) is 1. The molecule has 1 rings (SSSR count). The molecule has 17 heavy (non-hydrogen) atoms. The summed E-state index contributed by atoms with van der Waals surface area (Å²) in [5, 5.41) is -0.217. The first-order valence-corrected chi connectivity index (χ1v) is 5.18. The molecular formula is C9H7Cl2F3N2O. The number of amidine groups is 1. The van der Waals surface area contributed by atoms with Crippen LogP contribution in [0.3, 0.4) is 0 Å². The Morgan fingerprint density at radius 3 is 2.59 bits per heavy atom. The highest BCUT2D eigenvalue weighted by atomic mass is 35.5. The van der Waals surface area contributed by atoms with E-state index in [-0.39, 0.29) is 22.4 Å². The number of alkyl halides is 4. The lowest BCUT2D eigenvalue weighted by atomic mass is 10.3. The molecule has 0 spiro atoms. The molecule has 3 nitrogen and oxygen atoms in total. The summed E-state index contributed by atoms with van der Waals surface area (Å²) >= 11 is 11.0. The predicted octanol–water partition coefficient (Wildman–Crippen LogP) is 3.47. The van der Waals surface area contributed by atoms with Crippen molar-refractivity contribution in [3.63, 3.8) is 0 Å². The zero-order chi connectivity index (χ0) is 13.1. The maximum absolute atomic E-state index is 12.1. The van der Waals surface area contributed by atoms with Gasteiger partial charge in [-0.3, -0.25) is 0 Å². The molecule has 0 radical (unpaired) electrons. The van der Waals surface area contributed by atoms with E-state index >= 15 is 0 Å². The molecule has 0 bridgehead atoms. The lowest BCUT2D eigenvalue weighted by Crippen LogP contribution is -2.18. The van der Waals surface area contributed by atoms with Gasteiger partial charge in [0.25, 0.3) is 0 Å². The monoisotopic (exact) mass is 286 g/mol. The molecule has 0 saturated carbocycles. The molecule has 0 saturated heterocycles. The second-order valence-corrected chi connectivity index (χ2v) is 3.55. The summed E-state index contributed by atoms with van der Waals surface area (Å²) in [5.41, 5.74) is 5.19. The first kappa shape index (κ1) is 13.9. The van der Waals surface area contributed by atoms with Crippen molar-refractivity contribution in [3.05, 3.63) is 23.2 Å². The minimum Gasteiger partial charge on any atom is -0.402 e. The fraction of sp³-hybridized carbons (Fsp3) is 0.222. The smallest absolute Gasteiger partial charge is 0.402 e. The molecule has 1 aromatic rings. The standard InChI is InChI=1S/C9H7Cl2F3N2O/c10-4-7(15)16-6-3-1-2-5(11)8(6)17-9(12,13)14/h1-3H,4H2,(H2,15,16). The van der Waals surface area contributed by atoms with Crippen molar-refractivity contribution < 1.29 is 17.9 Å². The van der Waals surface area contributed by atoms with E-state index in [1.807, 2.05) is 0 Å². The number of nitrogens with two attached hydrogens (primary N) is 1. The van der Waals surface area contributed by atoms with E-state index in [9.17, 15) is 13.2 Å². The molecule has 1 aromatic carbocycles. The van der Waals surface area contributed by atoms with Crippen molar-refractivity contribution in [2.24, 2.45) is 10.7 Å². The van der Waals surface area contributed by atoms with Gasteiger partial charge in [0.05, 0.1) is 10.9 Å². The van der Waals surface area contributed by atoms with E-state index < -0.39 is 12.1 Å². The Hall–Kier alpha value is -1.14. The molecule has 0 fully saturated rings. The molecule has 0 atom stereocenters. The molecule has 8 heteroatoms. The Morgan fingerprint density at radius 2 is 2.06 bits per heavy atom. The van der Waals surface area contributed by atoms with Crippen molar-refractivity contribution in [3.8, 4) is 5.75 Å². The van der Waals surface area contributed by atoms with Crippen LogP contribution in [0, 0.1) is 0 Å². The van der Waals surface area contributed by atoms with Crippen molar-refractivity contribution in [2.75, 3.05) is 5.88 Å². The van der Waals surface area contributed by atoms with E-state index in [0.717, 1.165) is 0 Å². The maximum Gasteiger partial charge on any atom is 0.573 e. The van der Waals surface area contributed by atoms with Gasteiger partial charge in [0.15, 0.2) is 5.75 Å². The van der Waals surface area contributed by atoms with Crippen molar-refractivity contribution in [2.45, 2.75) is 6.36 Å². The van der Waals surface area contributed by atoms with Crippen molar-refractivity contribution in [1.82, 2.24) is 0 Å². The van der Waals surface area contributed by atoms with Gasteiger partial charge in [-0.25, -0.2) is 4.99 Å². The normalized spacial score (nSPS) is 12.6. The van der Waals surface area contributed by atoms with E-state index in [4.69, 9.17) is 28.9 Å². The van der Waals surface area contributed by atoms with Crippen LogP contribution in [0.25, 0.3) is 0 Å². The minimum absolute atomic E-state index is 0.0408. The Kier molecular flexibility index (Phi) is 4.47. The molecule has 2 N–H and O–H groups in total. The molecule has 0 aliphatic heterocycles. The third-order valence-electron chi connectivity index (χ3n) is 1.56. The highest BCUT2D eigenvalue weighted by Crippen LogP contribution is 2.38. The molecule has 0 unspecified atom stereocenters. The van der Waals surface area contributed by atoms with Crippen LogP contribution in [-0.4, -0.2) is 18.1 Å². The fourth-order valence-corrected chi connectivity index (χ4v) is 1.25. The van der Waals surface area contributed by atoms with Gasteiger partial charge in [-0.1, -0.05) is 17.7 Å². The number of benzene rings is 1. The molecular weight excluding hydrogens is 280 g/mol. The molecule has 0 heterocycles. The van der Waals surface area contributed by atoms with Gasteiger partial charge in [0, 0.05) is 0 Å². The number of rotatable bonds is 3. The summed E-state index contributed by atoms with van der Waals surface area (Å²) in [6.07, 6.45) is -4.86. The fourth-order valence-electron chi connectivity index (χ4n) is 0.987. The van der Waals surface area contributed by atoms with Gasteiger partial charge in [-0.15, -0.1) is 24.8 Å². The number of hydrogen-bond acceptors (Lipinski definition) is 2. The van der Waals surface area contributed by atoms with Gasteiger partial charge in [0.1, 0.15) is 11.5 Å². The molecule has 0 aliphatic carbocycles. The van der Waals surface area contributed by atoms with Crippen LogP contribution in [0.4, 0.5) is 18.9 Å². The Morgan fingerprint density at radius 1 is 1.41 bits per heavy atom. The zero-order valence-electron chi connectivity index (χ0n) is 8.26. The van der Waals surface area contributed by atoms with Crippen LogP contribution in [0.5, 0.6) is 5.75 Å². The van der Waals surface area contributed by atoms with Crippen LogP contribution in [0.15, 0.2) is 23.2 Å². The van der Waals surface area contributed by atoms with E-state index in [0.29, 0.717) is 0 Å². The Labute approximate surface area is 105 Å². The van der Waals surface area contributed by atoms with Crippen LogP contribution >= 0.6 is 23.2 Å². The summed E-state index contributed by atoms with van der Waals surface area (Å²) in [6, 6.07) is 3.96. The molecule has 0 aliphatic rings. The number of nitrogens with zero attached hydrogens (tertiary/aromatic N) is 1. The number of halogens is 5. The van der Waals surface area contributed by atoms with E-state index in [2.05, 4.69) is 9.73 Å². The summed E-state index contributed by atoms with van der Waals surface area (Å²) in [7, 11) is 0. The summed E-state index contributed by atoms with van der Waals surface area (Å²) in [5.74, 6) is -0.756. The minimum atomic E-state index is -4.86. The van der Waals surface area contributed by atoms with Crippen LogP contribution in [0.1, 0.15) is 0 Å². The number of aliphatic imine (C=N–C) groups is 1. The summed E-state index contributed by atoms with van der Waals surface area (Å²) in [4.78, 5) is 3.68. The van der Waals surface area contributed by atoms with Crippen molar-refractivity contribution >= 4 is 34.7 Å². The largest absolute Gasteiger partial charge is 0.573 e. The Bertz CT molecular complexity index is 435. The topological polar surface area (TPSA) is 47.6 Å². The highest BCUT2D eigenvalue weighted by molar-refractivity contribution is 6.32. The average molecular weight is 287 g/mol. The second-order valence-electron chi connectivity index (χ2n) is 2.87. The first-order chi connectivity index (χ1) is 7.83. The number of para-hydroxylation sites is 1. The average Bonchev–Trinajstić information content (AvgIpc) is 2.21. The molecule has 0 aromatic heterocycles. The maximum atomic E-state index is 12.1. The summed E-state index contributed by atoms with van der Waals surface area (Å²) in [6.45, 7) is 0. The van der Waals surface area contributed by atoms with Gasteiger partial charge in [0.2, 0.25) is 0 Å². The van der Waals surface area contributed by atoms with Crippen LogP contribution in [0.2, 0.25) is 5.02 Å². The van der Waals surface area contributed by atoms with Crippen LogP contribution < -0.4 is 10.5 Å². The highest BCUT2D eigenvalue weighted by Gasteiger charge is 2.33. The lowest BCUT2D eigenvalue weighted by Gasteiger charge is -2.12.